The summed E-state index contributed by atoms with van der Waals surface area (Å²) >= 11 is 0. The van der Waals surface area contributed by atoms with Gasteiger partial charge in [0.15, 0.2) is 11.5 Å². The molecular formula is C16H18ClNO2. The molecule has 0 unspecified atom stereocenters. The standard InChI is InChI=1S/C16H17NO2.ClH/c1-11-2-3-12(8-14(11)10-17)13-4-5-15-16(9-13)19-7-6-18-15;/h2-5,8-9H,6-7,10,17H2,1H3;1H. The van der Waals surface area contributed by atoms with Crippen LogP contribution in [0.4, 0.5) is 0 Å². The van der Waals surface area contributed by atoms with Crippen molar-refractivity contribution in [1.82, 2.24) is 0 Å². The summed E-state index contributed by atoms with van der Waals surface area (Å²) in [6.07, 6.45) is 0. The molecule has 0 spiro atoms. The fourth-order valence-corrected chi connectivity index (χ4v) is 2.29. The van der Waals surface area contributed by atoms with Crippen LogP contribution in [0.1, 0.15) is 11.1 Å². The third-order valence-corrected chi connectivity index (χ3v) is 3.44. The van der Waals surface area contributed by atoms with Gasteiger partial charge in [-0.15, -0.1) is 12.4 Å². The molecule has 4 heteroatoms. The van der Waals surface area contributed by atoms with E-state index in [1.54, 1.807) is 0 Å². The minimum Gasteiger partial charge on any atom is -0.486 e. The number of hydrogen-bond donors (Lipinski definition) is 1. The predicted octanol–water partition coefficient (Wildman–Crippen LogP) is 3.31. The van der Waals surface area contributed by atoms with Gasteiger partial charge in [-0.25, -0.2) is 0 Å². The molecule has 2 aromatic rings. The molecule has 1 aliphatic heterocycles. The quantitative estimate of drug-likeness (QED) is 0.923. The Labute approximate surface area is 125 Å². The van der Waals surface area contributed by atoms with E-state index in [0.717, 1.165) is 22.6 Å². The molecule has 0 amide bonds. The Morgan fingerprint density at radius 2 is 1.60 bits per heavy atom. The third-order valence-electron chi connectivity index (χ3n) is 3.44. The molecule has 0 bridgehead atoms. The Hall–Kier alpha value is -1.71. The molecule has 0 saturated carbocycles. The first-order chi connectivity index (χ1) is 9.28. The van der Waals surface area contributed by atoms with E-state index >= 15 is 0 Å². The minimum atomic E-state index is 0. The van der Waals surface area contributed by atoms with E-state index in [-0.39, 0.29) is 12.4 Å². The molecule has 3 rings (SSSR count). The second-order valence-electron chi connectivity index (χ2n) is 4.70. The molecule has 1 heterocycles. The van der Waals surface area contributed by atoms with Gasteiger partial charge in [-0.3, -0.25) is 0 Å². The zero-order valence-electron chi connectivity index (χ0n) is 11.4. The smallest absolute Gasteiger partial charge is 0.161 e. The number of fused-ring (bicyclic) bond motifs is 1. The lowest BCUT2D eigenvalue weighted by atomic mass is 9.99. The van der Waals surface area contributed by atoms with E-state index in [1.807, 2.05) is 12.1 Å². The fourth-order valence-electron chi connectivity index (χ4n) is 2.29. The number of rotatable bonds is 2. The van der Waals surface area contributed by atoms with Gasteiger partial charge in [-0.1, -0.05) is 18.2 Å². The van der Waals surface area contributed by atoms with Gasteiger partial charge in [-0.05, 0) is 47.4 Å². The lowest BCUT2D eigenvalue weighted by Crippen LogP contribution is -2.15. The molecule has 106 valence electrons. The van der Waals surface area contributed by atoms with Gasteiger partial charge in [0.2, 0.25) is 0 Å². The van der Waals surface area contributed by atoms with Crippen LogP contribution in [0.3, 0.4) is 0 Å². The van der Waals surface area contributed by atoms with Gasteiger partial charge in [0.05, 0.1) is 0 Å². The highest BCUT2D eigenvalue weighted by Gasteiger charge is 2.12. The van der Waals surface area contributed by atoms with E-state index in [4.69, 9.17) is 15.2 Å². The Morgan fingerprint density at radius 3 is 2.35 bits per heavy atom. The van der Waals surface area contributed by atoms with E-state index in [9.17, 15) is 0 Å². The molecule has 20 heavy (non-hydrogen) atoms. The number of aryl methyl sites for hydroxylation is 1. The van der Waals surface area contributed by atoms with E-state index in [2.05, 4.69) is 31.2 Å². The number of hydrogen-bond acceptors (Lipinski definition) is 3. The number of benzene rings is 2. The predicted molar refractivity (Wildman–Crippen MR) is 82.7 cm³/mol. The van der Waals surface area contributed by atoms with Crippen molar-refractivity contribution in [2.24, 2.45) is 5.73 Å². The first kappa shape index (κ1) is 14.7. The van der Waals surface area contributed by atoms with Crippen LogP contribution in [0.2, 0.25) is 0 Å². The summed E-state index contributed by atoms with van der Waals surface area (Å²) in [6, 6.07) is 12.4. The zero-order chi connectivity index (χ0) is 13.2. The van der Waals surface area contributed by atoms with Gasteiger partial charge in [0, 0.05) is 6.54 Å². The zero-order valence-corrected chi connectivity index (χ0v) is 12.2. The molecule has 1 aliphatic rings. The molecule has 0 aliphatic carbocycles. The summed E-state index contributed by atoms with van der Waals surface area (Å²) in [7, 11) is 0. The van der Waals surface area contributed by atoms with Crippen LogP contribution in [0.25, 0.3) is 11.1 Å². The van der Waals surface area contributed by atoms with Crippen LogP contribution in [0.15, 0.2) is 36.4 Å². The highest BCUT2D eigenvalue weighted by molar-refractivity contribution is 5.85. The fraction of sp³-hybridized carbons (Fsp3) is 0.250. The molecule has 0 aromatic heterocycles. The molecule has 2 aromatic carbocycles. The van der Waals surface area contributed by atoms with E-state index < -0.39 is 0 Å². The van der Waals surface area contributed by atoms with Crippen molar-refractivity contribution in [3.63, 3.8) is 0 Å². The van der Waals surface area contributed by atoms with Crippen LogP contribution in [-0.2, 0) is 6.54 Å². The Balaban J connectivity index is 0.00000147. The van der Waals surface area contributed by atoms with E-state index in [1.165, 1.54) is 11.1 Å². The van der Waals surface area contributed by atoms with Gasteiger partial charge >= 0.3 is 0 Å². The average Bonchev–Trinajstić information content (AvgIpc) is 2.47. The summed E-state index contributed by atoms with van der Waals surface area (Å²) in [5.41, 5.74) is 10.4. The summed E-state index contributed by atoms with van der Waals surface area (Å²) in [4.78, 5) is 0. The molecule has 3 nitrogen and oxygen atoms in total. The van der Waals surface area contributed by atoms with Crippen LogP contribution in [0, 0.1) is 6.92 Å². The first-order valence-corrected chi connectivity index (χ1v) is 6.47. The highest BCUT2D eigenvalue weighted by atomic mass is 35.5. The number of ether oxygens (including phenoxy) is 2. The number of nitrogens with two attached hydrogens (primary N) is 1. The summed E-state index contributed by atoms with van der Waals surface area (Å²) < 4.78 is 11.1. The maximum Gasteiger partial charge on any atom is 0.161 e. The summed E-state index contributed by atoms with van der Waals surface area (Å²) in [5, 5.41) is 0. The maximum absolute atomic E-state index is 5.76. The molecule has 0 radical (unpaired) electrons. The minimum absolute atomic E-state index is 0. The second kappa shape index (κ2) is 6.16. The molecule has 0 fully saturated rings. The summed E-state index contributed by atoms with van der Waals surface area (Å²) in [5.74, 6) is 1.64. The average molecular weight is 292 g/mol. The van der Waals surface area contributed by atoms with Crippen molar-refractivity contribution in [1.29, 1.82) is 0 Å². The Kier molecular flexibility index (Phi) is 4.53. The van der Waals surface area contributed by atoms with E-state index in [0.29, 0.717) is 19.8 Å². The van der Waals surface area contributed by atoms with Gasteiger partial charge in [-0.2, -0.15) is 0 Å². The monoisotopic (exact) mass is 291 g/mol. The van der Waals surface area contributed by atoms with Crippen molar-refractivity contribution >= 4 is 12.4 Å². The van der Waals surface area contributed by atoms with Crippen molar-refractivity contribution in [3.05, 3.63) is 47.5 Å². The second-order valence-corrected chi connectivity index (χ2v) is 4.70. The summed E-state index contributed by atoms with van der Waals surface area (Å²) in [6.45, 7) is 3.87. The van der Waals surface area contributed by atoms with Crippen molar-refractivity contribution in [2.75, 3.05) is 13.2 Å². The highest BCUT2D eigenvalue weighted by Crippen LogP contribution is 2.34. The molecule has 0 saturated heterocycles. The lowest BCUT2D eigenvalue weighted by molar-refractivity contribution is 0.171. The Morgan fingerprint density at radius 1 is 0.950 bits per heavy atom. The van der Waals surface area contributed by atoms with Crippen molar-refractivity contribution in [2.45, 2.75) is 13.5 Å². The topological polar surface area (TPSA) is 44.5 Å². The van der Waals surface area contributed by atoms with Gasteiger partial charge in [0.25, 0.3) is 0 Å². The van der Waals surface area contributed by atoms with Gasteiger partial charge in [0.1, 0.15) is 13.2 Å². The Bertz CT molecular complexity index is 613. The maximum atomic E-state index is 5.76. The van der Waals surface area contributed by atoms with Crippen LogP contribution in [0.5, 0.6) is 11.5 Å². The first-order valence-electron chi connectivity index (χ1n) is 6.47. The lowest BCUT2D eigenvalue weighted by Gasteiger charge is -2.19. The molecule has 0 atom stereocenters. The van der Waals surface area contributed by atoms with Crippen molar-refractivity contribution < 1.29 is 9.47 Å². The van der Waals surface area contributed by atoms with Gasteiger partial charge < -0.3 is 15.2 Å². The van der Waals surface area contributed by atoms with Crippen LogP contribution >= 0.6 is 12.4 Å². The van der Waals surface area contributed by atoms with Crippen LogP contribution in [-0.4, -0.2) is 13.2 Å². The molecule has 2 N–H and O–H groups in total. The SMILES string of the molecule is Cc1ccc(-c2ccc3c(c2)OCCO3)cc1CN.Cl. The largest absolute Gasteiger partial charge is 0.486 e. The van der Waals surface area contributed by atoms with Crippen LogP contribution < -0.4 is 15.2 Å². The normalized spacial score (nSPS) is 12.7. The number of halogens is 1. The molecular weight excluding hydrogens is 274 g/mol. The third kappa shape index (κ3) is 2.74. The van der Waals surface area contributed by atoms with Crippen molar-refractivity contribution in [3.8, 4) is 22.6 Å².